The maximum Gasteiger partial charge on any atom is 0.123 e. The molecule has 0 amide bonds. The maximum absolute atomic E-state index is 5.54. The molecular weight excluding hydrogens is 250 g/mol. The summed E-state index contributed by atoms with van der Waals surface area (Å²) in [5.74, 6) is 0.922. The Hall–Kier alpha value is -2.00. The van der Waals surface area contributed by atoms with Crippen molar-refractivity contribution >= 4 is 5.69 Å². The molecule has 1 aliphatic rings. The second-order valence-electron chi connectivity index (χ2n) is 5.11. The zero-order valence-corrected chi connectivity index (χ0v) is 11.8. The molecule has 0 radical (unpaired) electrons. The van der Waals surface area contributed by atoms with Gasteiger partial charge in [0, 0.05) is 18.3 Å². The standard InChI is InChI=1S/C17H19NO2/c1-18-14-7-5-6-13(10-14)17(11-20-12-17)15-8-3-4-9-16(15)19-2/h3-10,18H,11-12H2,1-2H3. The molecule has 0 aromatic heterocycles. The fourth-order valence-electron chi connectivity index (χ4n) is 2.80. The lowest BCUT2D eigenvalue weighted by Crippen LogP contribution is -2.47. The lowest BCUT2D eigenvalue weighted by molar-refractivity contribution is -0.0388. The second kappa shape index (κ2) is 5.17. The third kappa shape index (κ3) is 1.95. The predicted molar refractivity (Wildman–Crippen MR) is 80.6 cm³/mol. The summed E-state index contributed by atoms with van der Waals surface area (Å²) in [6, 6.07) is 16.7. The van der Waals surface area contributed by atoms with E-state index in [1.165, 1.54) is 11.1 Å². The van der Waals surface area contributed by atoms with Crippen molar-refractivity contribution in [2.24, 2.45) is 0 Å². The van der Waals surface area contributed by atoms with Crippen molar-refractivity contribution in [1.82, 2.24) is 0 Å². The first-order chi connectivity index (χ1) is 9.80. The van der Waals surface area contributed by atoms with Crippen molar-refractivity contribution in [2.75, 3.05) is 32.7 Å². The van der Waals surface area contributed by atoms with Gasteiger partial charge in [0.15, 0.2) is 0 Å². The molecule has 1 fully saturated rings. The summed E-state index contributed by atoms with van der Waals surface area (Å²) in [7, 11) is 3.65. The minimum absolute atomic E-state index is 0.0978. The number of methoxy groups -OCH3 is 1. The molecule has 3 heteroatoms. The molecule has 2 aromatic rings. The number of hydrogen-bond acceptors (Lipinski definition) is 3. The van der Waals surface area contributed by atoms with Gasteiger partial charge in [0.25, 0.3) is 0 Å². The van der Waals surface area contributed by atoms with Crippen LogP contribution in [0.4, 0.5) is 5.69 Å². The first-order valence-corrected chi connectivity index (χ1v) is 6.80. The Morgan fingerprint density at radius 1 is 1.10 bits per heavy atom. The van der Waals surface area contributed by atoms with Gasteiger partial charge in [-0.2, -0.15) is 0 Å². The fraction of sp³-hybridized carbons (Fsp3) is 0.294. The molecule has 1 saturated heterocycles. The molecule has 0 unspecified atom stereocenters. The van der Waals surface area contributed by atoms with Crippen LogP contribution in [0.1, 0.15) is 11.1 Å². The van der Waals surface area contributed by atoms with Crippen molar-refractivity contribution < 1.29 is 9.47 Å². The SMILES string of the molecule is CNc1cccc(C2(c3ccccc3OC)COC2)c1. The normalized spacial score (nSPS) is 16.3. The summed E-state index contributed by atoms with van der Waals surface area (Å²) < 4.78 is 11.1. The van der Waals surface area contributed by atoms with Gasteiger partial charge in [-0.3, -0.25) is 0 Å². The van der Waals surface area contributed by atoms with E-state index in [-0.39, 0.29) is 5.41 Å². The molecule has 0 atom stereocenters. The highest BCUT2D eigenvalue weighted by atomic mass is 16.5. The minimum atomic E-state index is -0.0978. The summed E-state index contributed by atoms with van der Waals surface area (Å²) in [4.78, 5) is 0. The van der Waals surface area contributed by atoms with Crippen LogP contribution in [-0.2, 0) is 10.2 Å². The van der Waals surface area contributed by atoms with Crippen LogP contribution in [0, 0.1) is 0 Å². The Morgan fingerprint density at radius 2 is 1.90 bits per heavy atom. The zero-order valence-electron chi connectivity index (χ0n) is 11.8. The number of nitrogens with one attached hydrogen (secondary N) is 1. The molecule has 104 valence electrons. The van der Waals surface area contributed by atoms with Crippen LogP contribution < -0.4 is 10.1 Å². The monoisotopic (exact) mass is 269 g/mol. The highest BCUT2D eigenvalue weighted by Crippen LogP contribution is 2.43. The van der Waals surface area contributed by atoms with Crippen LogP contribution in [0.2, 0.25) is 0 Å². The van der Waals surface area contributed by atoms with Gasteiger partial charge in [-0.05, 0) is 23.8 Å². The molecule has 1 aliphatic heterocycles. The van der Waals surface area contributed by atoms with Crippen molar-refractivity contribution in [2.45, 2.75) is 5.41 Å². The average molecular weight is 269 g/mol. The van der Waals surface area contributed by atoms with E-state index in [0.29, 0.717) is 13.2 Å². The summed E-state index contributed by atoms with van der Waals surface area (Å²) in [5, 5.41) is 3.20. The van der Waals surface area contributed by atoms with Gasteiger partial charge in [-0.25, -0.2) is 0 Å². The van der Waals surface area contributed by atoms with E-state index < -0.39 is 0 Å². The third-order valence-corrected chi connectivity index (χ3v) is 4.02. The molecule has 0 saturated carbocycles. The van der Waals surface area contributed by atoms with E-state index in [1.54, 1.807) is 7.11 Å². The van der Waals surface area contributed by atoms with Crippen molar-refractivity contribution in [3.05, 3.63) is 59.7 Å². The quantitative estimate of drug-likeness (QED) is 0.925. The summed E-state index contributed by atoms with van der Waals surface area (Å²) in [6.45, 7) is 1.39. The lowest BCUT2D eigenvalue weighted by atomic mass is 9.72. The number of ether oxygens (including phenoxy) is 2. The first-order valence-electron chi connectivity index (χ1n) is 6.80. The molecule has 0 spiro atoms. The third-order valence-electron chi connectivity index (χ3n) is 4.02. The molecule has 1 heterocycles. The van der Waals surface area contributed by atoms with Crippen molar-refractivity contribution in [3.63, 3.8) is 0 Å². The van der Waals surface area contributed by atoms with Gasteiger partial charge in [0.1, 0.15) is 5.75 Å². The van der Waals surface area contributed by atoms with E-state index >= 15 is 0 Å². The lowest BCUT2D eigenvalue weighted by Gasteiger charge is -2.43. The van der Waals surface area contributed by atoms with Gasteiger partial charge < -0.3 is 14.8 Å². The largest absolute Gasteiger partial charge is 0.496 e. The van der Waals surface area contributed by atoms with Crippen molar-refractivity contribution in [1.29, 1.82) is 0 Å². The number of anilines is 1. The van der Waals surface area contributed by atoms with Crippen LogP contribution in [0.15, 0.2) is 48.5 Å². The van der Waals surface area contributed by atoms with Crippen LogP contribution in [-0.4, -0.2) is 27.4 Å². The molecule has 1 N–H and O–H groups in total. The summed E-state index contributed by atoms with van der Waals surface area (Å²) in [6.07, 6.45) is 0. The topological polar surface area (TPSA) is 30.5 Å². The Bertz CT molecular complexity index is 605. The van der Waals surface area contributed by atoms with Crippen LogP contribution in [0.3, 0.4) is 0 Å². The molecule has 20 heavy (non-hydrogen) atoms. The van der Waals surface area contributed by atoms with E-state index in [2.05, 4.69) is 41.7 Å². The highest BCUT2D eigenvalue weighted by Gasteiger charge is 2.44. The fourth-order valence-corrected chi connectivity index (χ4v) is 2.80. The minimum Gasteiger partial charge on any atom is -0.496 e. The highest BCUT2D eigenvalue weighted by molar-refractivity contribution is 5.54. The molecule has 0 bridgehead atoms. The van der Waals surface area contributed by atoms with Crippen molar-refractivity contribution in [3.8, 4) is 5.75 Å². The summed E-state index contributed by atoms with van der Waals surface area (Å²) in [5.41, 5.74) is 3.48. The Labute approximate surface area is 119 Å². The van der Waals surface area contributed by atoms with Gasteiger partial charge in [-0.1, -0.05) is 30.3 Å². The number of benzene rings is 2. The second-order valence-corrected chi connectivity index (χ2v) is 5.11. The van der Waals surface area contributed by atoms with Gasteiger partial charge in [0.05, 0.1) is 25.7 Å². The van der Waals surface area contributed by atoms with E-state index in [0.717, 1.165) is 11.4 Å². The van der Waals surface area contributed by atoms with Gasteiger partial charge in [0.2, 0.25) is 0 Å². The molecule has 2 aromatic carbocycles. The Balaban J connectivity index is 2.11. The number of rotatable bonds is 4. The van der Waals surface area contributed by atoms with E-state index in [9.17, 15) is 0 Å². The summed E-state index contributed by atoms with van der Waals surface area (Å²) >= 11 is 0. The van der Waals surface area contributed by atoms with E-state index in [1.807, 2.05) is 19.2 Å². The Morgan fingerprint density at radius 3 is 2.55 bits per heavy atom. The van der Waals surface area contributed by atoms with E-state index in [4.69, 9.17) is 9.47 Å². The molecule has 3 nitrogen and oxygen atoms in total. The smallest absolute Gasteiger partial charge is 0.123 e. The van der Waals surface area contributed by atoms with Gasteiger partial charge in [-0.15, -0.1) is 0 Å². The van der Waals surface area contributed by atoms with Crippen LogP contribution >= 0.6 is 0 Å². The molecule has 0 aliphatic carbocycles. The van der Waals surface area contributed by atoms with Crippen LogP contribution in [0.5, 0.6) is 5.75 Å². The van der Waals surface area contributed by atoms with Gasteiger partial charge >= 0.3 is 0 Å². The number of para-hydroxylation sites is 1. The average Bonchev–Trinajstić information content (AvgIpc) is 2.47. The molecule has 3 rings (SSSR count). The predicted octanol–water partition coefficient (Wildman–Crippen LogP) is 3.05. The number of hydrogen-bond donors (Lipinski definition) is 1. The van der Waals surface area contributed by atoms with Crippen LogP contribution in [0.25, 0.3) is 0 Å². The first kappa shape index (κ1) is 13.0. The maximum atomic E-state index is 5.54. The molecular formula is C17H19NO2. The Kier molecular flexibility index (Phi) is 3.36. The zero-order chi connectivity index (χ0) is 14.0.